The van der Waals surface area contributed by atoms with Crippen molar-refractivity contribution in [3.05, 3.63) is 0 Å². The van der Waals surface area contributed by atoms with Crippen LogP contribution < -0.4 is 16.0 Å². The van der Waals surface area contributed by atoms with Gasteiger partial charge in [-0.2, -0.15) is 11.8 Å². The van der Waals surface area contributed by atoms with Crippen LogP contribution in [0.2, 0.25) is 6.04 Å². The van der Waals surface area contributed by atoms with Gasteiger partial charge in [0.25, 0.3) is 0 Å². The normalized spacial score (nSPS) is 13.0. The Labute approximate surface area is 184 Å². The molecule has 3 amide bonds. The van der Waals surface area contributed by atoms with E-state index in [2.05, 4.69) is 16.0 Å². The number of amides is 3. The van der Waals surface area contributed by atoms with Gasteiger partial charge in [0.05, 0.1) is 10.1 Å². The third-order valence-corrected chi connectivity index (χ3v) is 8.95. The van der Waals surface area contributed by atoms with Crippen LogP contribution in [0.4, 0.5) is 4.79 Å². The molecule has 0 aliphatic heterocycles. The standard InChI is InChI=1S/C16H35N3O8S2Si/c1-14(15(20)17-7-5-11-29(22,23)24)13-28-10-9-19-16(21)18-8-6-12-30(25-2,26-3)27-4/h14H,5-13H2,1-4H3,(H,17,20)(H2,18,19,21)(H,22,23,24)/p-1. The third kappa shape index (κ3) is 14.2. The molecule has 0 aromatic rings. The molecule has 14 heteroatoms. The van der Waals surface area contributed by atoms with Crippen molar-refractivity contribution in [3.8, 4) is 0 Å². The van der Waals surface area contributed by atoms with Gasteiger partial charge < -0.3 is 33.8 Å². The molecular formula is C16H34N3O8S2Si-. The van der Waals surface area contributed by atoms with Crippen molar-refractivity contribution in [3.63, 3.8) is 0 Å². The highest BCUT2D eigenvalue weighted by atomic mass is 32.2. The molecular weight excluding hydrogens is 454 g/mol. The average Bonchev–Trinajstić information content (AvgIpc) is 2.70. The molecule has 1 unspecified atom stereocenters. The second-order valence-electron chi connectivity index (χ2n) is 6.46. The fourth-order valence-corrected chi connectivity index (χ4v) is 5.47. The molecule has 0 aromatic heterocycles. The monoisotopic (exact) mass is 488 g/mol. The van der Waals surface area contributed by atoms with Gasteiger partial charge in [0.1, 0.15) is 0 Å². The predicted octanol–water partition coefficient (Wildman–Crippen LogP) is -0.0254. The molecule has 0 rings (SSSR count). The summed E-state index contributed by atoms with van der Waals surface area (Å²) in [7, 11) is -2.23. The number of hydrogen-bond acceptors (Lipinski definition) is 9. The number of rotatable bonds is 17. The van der Waals surface area contributed by atoms with Crippen molar-refractivity contribution in [1.82, 2.24) is 16.0 Å². The number of hydrogen-bond donors (Lipinski definition) is 3. The highest BCUT2D eigenvalue weighted by molar-refractivity contribution is 7.99. The highest BCUT2D eigenvalue weighted by Gasteiger charge is 2.36. The maximum absolute atomic E-state index is 11.9. The van der Waals surface area contributed by atoms with Crippen molar-refractivity contribution < 1.29 is 35.8 Å². The average molecular weight is 489 g/mol. The summed E-state index contributed by atoms with van der Waals surface area (Å²) in [6.07, 6.45) is 0.763. The highest BCUT2D eigenvalue weighted by Crippen LogP contribution is 2.14. The summed E-state index contributed by atoms with van der Waals surface area (Å²) in [6, 6.07) is 0.327. The van der Waals surface area contributed by atoms with E-state index in [-0.39, 0.29) is 30.8 Å². The fourth-order valence-electron chi connectivity index (χ4n) is 2.33. The zero-order valence-electron chi connectivity index (χ0n) is 18.0. The van der Waals surface area contributed by atoms with E-state index >= 15 is 0 Å². The van der Waals surface area contributed by atoms with Crippen LogP contribution in [-0.4, -0.2) is 91.9 Å². The zero-order valence-corrected chi connectivity index (χ0v) is 20.7. The van der Waals surface area contributed by atoms with Gasteiger partial charge in [-0.15, -0.1) is 0 Å². The molecule has 178 valence electrons. The minimum Gasteiger partial charge on any atom is -0.748 e. The van der Waals surface area contributed by atoms with Gasteiger partial charge in [0, 0.05) is 70.2 Å². The summed E-state index contributed by atoms with van der Waals surface area (Å²) in [6.45, 7) is 2.84. The van der Waals surface area contributed by atoms with Gasteiger partial charge in [0.2, 0.25) is 5.91 Å². The van der Waals surface area contributed by atoms with Crippen molar-refractivity contribution in [2.75, 3.05) is 58.2 Å². The molecule has 1 atom stereocenters. The van der Waals surface area contributed by atoms with Crippen LogP contribution in [0, 0.1) is 5.92 Å². The maximum atomic E-state index is 11.9. The Hall–Kier alpha value is -0.903. The van der Waals surface area contributed by atoms with Crippen LogP contribution in [-0.2, 0) is 28.2 Å². The Morgan fingerprint density at radius 3 is 2.13 bits per heavy atom. The van der Waals surface area contributed by atoms with E-state index in [0.717, 1.165) is 0 Å². The Balaban J connectivity index is 3.77. The number of carbonyl (C=O) groups excluding carboxylic acids is 2. The smallest absolute Gasteiger partial charge is 0.500 e. The Bertz CT molecular complexity index is 597. The number of thioether (sulfide) groups is 1. The summed E-state index contributed by atoms with van der Waals surface area (Å²) in [4.78, 5) is 23.6. The van der Waals surface area contributed by atoms with E-state index in [9.17, 15) is 22.6 Å². The van der Waals surface area contributed by atoms with E-state index < -0.39 is 24.7 Å². The van der Waals surface area contributed by atoms with Crippen LogP contribution >= 0.6 is 11.8 Å². The first-order valence-electron chi connectivity index (χ1n) is 9.55. The number of nitrogens with one attached hydrogen (secondary N) is 3. The molecule has 30 heavy (non-hydrogen) atoms. The number of carbonyl (C=O) groups is 2. The Kier molecular flexibility index (Phi) is 15.4. The quantitative estimate of drug-likeness (QED) is 0.145. The summed E-state index contributed by atoms with van der Waals surface area (Å²) in [5.41, 5.74) is 0. The molecule has 0 aliphatic rings. The lowest BCUT2D eigenvalue weighted by Crippen LogP contribution is -2.44. The first-order chi connectivity index (χ1) is 14.1. The lowest BCUT2D eigenvalue weighted by Gasteiger charge is -2.24. The van der Waals surface area contributed by atoms with Crippen LogP contribution in [0.5, 0.6) is 0 Å². The van der Waals surface area contributed by atoms with Crippen LogP contribution in [0.1, 0.15) is 19.8 Å². The first-order valence-corrected chi connectivity index (χ1v) is 14.2. The summed E-state index contributed by atoms with van der Waals surface area (Å²) < 4.78 is 47.4. The maximum Gasteiger partial charge on any atom is 0.500 e. The van der Waals surface area contributed by atoms with Gasteiger partial charge in [-0.1, -0.05) is 6.92 Å². The Morgan fingerprint density at radius 2 is 1.57 bits per heavy atom. The van der Waals surface area contributed by atoms with Crippen molar-refractivity contribution >= 4 is 42.6 Å². The van der Waals surface area contributed by atoms with E-state index in [1.807, 2.05) is 0 Å². The van der Waals surface area contributed by atoms with Crippen LogP contribution in [0.3, 0.4) is 0 Å². The first kappa shape index (κ1) is 29.1. The van der Waals surface area contributed by atoms with Gasteiger partial charge in [-0.25, -0.2) is 13.2 Å². The minimum absolute atomic E-state index is 0.0993. The topological polar surface area (TPSA) is 155 Å². The van der Waals surface area contributed by atoms with E-state index in [1.54, 1.807) is 28.3 Å². The molecule has 0 saturated heterocycles. The molecule has 11 nitrogen and oxygen atoms in total. The molecule has 0 heterocycles. The lowest BCUT2D eigenvalue weighted by molar-refractivity contribution is -0.123. The summed E-state index contributed by atoms with van der Waals surface area (Å²) in [5.74, 6) is 0.260. The predicted molar refractivity (Wildman–Crippen MR) is 116 cm³/mol. The van der Waals surface area contributed by atoms with Gasteiger partial charge in [0.15, 0.2) is 0 Å². The Morgan fingerprint density at radius 1 is 1.00 bits per heavy atom. The molecule has 0 radical (unpaired) electrons. The van der Waals surface area contributed by atoms with Crippen molar-refractivity contribution in [2.24, 2.45) is 5.92 Å². The summed E-state index contributed by atoms with van der Waals surface area (Å²) >= 11 is 1.52. The van der Waals surface area contributed by atoms with Crippen molar-refractivity contribution in [1.29, 1.82) is 0 Å². The van der Waals surface area contributed by atoms with Crippen LogP contribution in [0.15, 0.2) is 0 Å². The second kappa shape index (κ2) is 15.8. The molecule has 0 spiro atoms. The molecule has 0 bridgehead atoms. The third-order valence-electron chi connectivity index (χ3n) is 4.10. The van der Waals surface area contributed by atoms with E-state index in [4.69, 9.17) is 13.3 Å². The fraction of sp³-hybridized carbons (Fsp3) is 0.875. The zero-order chi connectivity index (χ0) is 23.0. The molecule has 0 aliphatic carbocycles. The van der Waals surface area contributed by atoms with E-state index in [0.29, 0.717) is 37.1 Å². The van der Waals surface area contributed by atoms with Gasteiger partial charge >= 0.3 is 14.8 Å². The molecule has 0 fully saturated rings. The van der Waals surface area contributed by atoms with Gasteiger partial charge in [-0.3, -0.25) is 4.79 Å². The number of urea groups is 1. The molecule has 0 saturated carbocycles. The lowest BCUT2D eigenvalue weighted by atomic mass is 10.2. The van der Waals surface area contributed by atoms with Crippen LogP contribution in [0.25, 0.3) is 0 Å². The largest absolute Gasteiger partial charge is 0.748 e. The van der Waals surface area contributed by atoms with Gasteiger partial charge in [-0.05, 0) is 12.8 Å². The van der Waals surface area contributed by atoms with Crippen molar-refractivity contribution in [2.45, 2.75) is 25.8 Å². The second-order valence-corrected chi connectivity index (χ2v) is 12.2. The molecule has 0 aromatic carbocycles. The SMILES string of the molecule is CO[Si](CCCNC(=O)NCCSCC(C)C(=O)NCCCS(=O)(=O)[O-])(OC)OC. The molecule has 3 N–H and O–H groups in total. The summed E-state index contributed by atoms with van der Waals surface area (Å²) in [5, 5.41) is 8.10. The minimum atomic E-state index is -4.25. The van der Waals surface area contributed by atoms with E-state index in [1.165, 1.54) is 11.8 Å².